The Morgan fingerprint density at radius 2 is 1.47 bits per heavy atom. The van der Waals surface area contributed by atoms with Crippen molar-refractivity contribution >= 4 is 25.7 Å². The Kier molecular flexibility index (Phi) is 6.08. The molecule has 3 rings (SSSR count). The summed E-state index contributed by atoms with van der Waals surface area (Å²) in [6, 6.07) is 8.51. The van der Waals surface area contributed by atoms with Gasteiger partial charge in [-0.15, -0.1) is 0 Å². The Morgan fingerprint density at radius 3 is 1.97 bits per heavy atom. The molecule has 0 bridgehead atoms. The van der Waals surface area contributed by atoms with E-state index in [0.717, 1.165) is 26.8 Å². The molecule has 0 aromatic heterocycles. The Hall–Kier alpha value is -2.61. The van der Waals surface area contributed by atoms with Crippen molar-refractivity contribution in [2.24, 2.45) is 0 Å². The Bertz CT molecular complexity index is 1160. The summed E-state index contributed by atoms with van der Waals surface area (Å²) in [4.78, 5) is 9.17. The van der Waals surface area contributed by atoms with E-state index in [4.69, 9.17) is 4.74 Å². The molecule has 0 atom stereocenters. The molecule has 162 valence electrons. The summed E-state index contributed by atoms with van der Waals surface area (Å²) in [7, 11) is -6.96. The Morgan fingerprint density at radius 1 is 0.933 bits per heavy atom. The zero-order valence-corrected chi connectivity index (χ0v) is 17.4. The maximum atomic E-state index is 14.2. The molecule has 13 heteroatoms. The number of piperazine rings is 1. The lowest BCUT2D eigenvalue weighted by Crippen LogP contribution is -2.50. The molecule has 0 N–H and O–H groups in total. The van der Waals surface area contributed by atoms with Crippen molar-refractivity contribution in [2.45, 2.75) is 9.79 Å². The molecule has 2 aromatic rings. The smallest absolute Gasteiger partial charge is 0.292 e. The van der Waals surface area contributed by atoms with Crippen molar-refractivity contribution in [1.29, 1.82) is 0 Å². The monoisotopic (exact) mass is 459 g/mol. The third-order valence-electron chi connectivity index (χ3n) is 4.64. The topological polar surface area (TPSA) is 127 Å². The lowest BCUT2D eigenvalue weighted by Gasteiger charge is -2.33. The summed E-state index contributed by atoms with van der Waals surface area (Å²) >= 11 is 0. The summed E-state index contributed by atoms with van der Waals surface area (Å²) in [5.41, 5.74) is -0.872. The predicted octanol–water partition coefficient (Wildman–Crippen LogP) is 1.44. The molecule has 1 saturated heterocycles. The predicted molar refractivity (Wildman–Crippen MR) is 104 cm³/mol. The SMILES string of the molecule is COc1ccc(S(=O)(=O)N2CCN(S(=O)(=O)c3c(F)cccc3[N+](=O)[O-])CC2)cc1. The van der Waals surface area contributed by atoms with Gasteiger partial charge >= 0.3 is 0 Å². The van der Waals surface area contributed by atoms with E-state index in [1.807, 2.05) is 0 Å². The molecule has 10 nitrogen and oxygen atoms in total. The standard InChI is InChI=1S/C17H18FN3O7S2/c1-28-13-5-7-14(8-6-13)29(24,25)19-9-11-20(12-10-19)30(26,27)17-15(18)3-2-4-16(17)21(22)23/h2-8H,9-12H2,1H3. The fourth-order valence-electron chi connectivity index (χ4n) is 3.07. The Balaban J connectivity index is 1.82. The highest BCUT2D eigenvalue weighted by Gasteiger charge is 2.38. The molecule has 0 aliphatic carbocycles. The minimum absolute atomic E-state index is 0.0179. The molecule has 0 spiro atoms. The molecular formula is C17H18FN3O7S2. The zero-order valence-electron chi connectivity index (χ0n) is 15.8. The van der Waals surface area contributed by atoms with Crippen LogP contribution >= 0.6 is 0 Å². The van der Waals surface area contributed by atoms with Gasteiger partial charge in [0.2, 0.25) is 10.0 Å². The summed E-state index contributed by atoms with van der Waals surface area (Å²) in [5.74, 6) is -0.756. The van der Waals surface area contributed by atoms with Crippen LogP contribution in [0.1, 0.15) is 0 Å². The first-order chi connectivity index (χ1) is 14.1. The lowest BCUT2D eigenvalue weighted by molar-refractivity contribution is -0.388. The van der Waals surface area contributed by atoms with Crippen LogP contribution in [0.15, 0.2) is 52.3 Å². The third kappa shape index (κ3) is 4.01. The quantitative estimate of drug-likeness (QED) is 0.472. The second kappa shape index (κ2) is 8.26. The van der Waals surface area contributed by atoms with Gasteiger partial charge in [-0.25, -0.2) is 21.2 Å². The van der Waals surface area contributed by atoms with Crippen LogP contribution in [0.25, 0.3) is 0 Å². The average Bonchev–Trinajstić information content (AvgIpc) is 2.73. The van der Waals surface area contributed by atoms with Crippen LogP contribution in [0.5, 0.6) is 5.75 Å². The van der Waals surface area contributed by atoms with Crippen molar-refractivity contribution in [1.82, 2.24) is 8.61 Å². The molecule has 2 aromatic carbocycles. The van der Waals surface area contributed by atoms with Crippen molar-refractivity contribution in [3.05, 3.63) is 58.4 Å². The highest BCUT2D eigenvalue weighted by Crippen LogP contribution is 2.30. The molecule has 0 saturated carbocycles. The molecular weight excluding hydrogens is 441 g/mol. The summed E-state index contributed by atoms with van der Waals surface area (Å²) in [6.45, 7) is -0.919. The maximum absolute atomic E-state index is 14.2. The number of nitro benzene ring substituents is 1. The number of nitro groups is 1. The maximum Gasteiger partial charge on any atom is 0.292 e. The molecule has 0 amide bonds. The fourth-order valence-corrected chi connectivity index (χ4v) is 6.12. The second-order valence-corrected chi connectivity index (χ2v) is 10.1. The van der Waals surface area contributed by atoms with Gasteiger partial charge in [0.15, 0.2) is 4.90 Å². The van der Waals surface area contributed by atoms with E-state index >= 15 is 0 Å². The number of benzene rings is 2. The molecule has 1 aliphatic rings. The van der Waals surface area contributed by atoms with Gasteiger partial charge in [0.05, 0.1) is 16.9 Å². The van der Waals surface area contributed by atoms with Crippen LogP contribution in [-0.4, -0.2) is 63.7 Å². The molecule has 0 radical (unpaired) electrons. The number of sulfonamides is 2. The van der Waals surface area contributed by atoms with Crippen LogP contribution in [0.3, 0.4) is 0 Å². The summed E-state index contributed by atoms with van der Waals surface area (Å²) in [6.07, 6.45) is 0. The van der Waals surface area contributed by atoms with E-state index in [1.165, 1.54) is 31.4 Å². The van der Waals surface area contributed by atoms with Crippen LogP contribution in [0, 0.1) is 15.9 Å². The normalized spacial score (nSPS) is 16.3. The van der Waals surface area contributed by atoms with Crippen molar-refractivity contribution in [3.8, 4) is 5.75 Å². The number of hydrogen-bond acceptors (Lipinski definition) is 7. The van der Waals surface area contributed by atoms with Gasteiger partial charge in [0, 0.05) is 32.2 Å². The minimum Gasteiger partial charge on any atom is -0.497 e. The van der Waals surface area contributed by atoms with Gasteiger partial charge in [-0.05, 0) is 30.3 Å². The van der Waals surface area contributed by atoms with Gasteiger partial charge in [0.25, 0.3) is 15.7 Å². The van der Waals surface area contributed by atoms with E-state index in [9.17, 15) is 31.3 Å². The van der Waals surface area contributed by atoms with E-state index in [2.05, 4.69) is 0 Å². The first-order valence-electron chi connectivity index (χ1n) is 8.66. The van der Waals surface area contributed by atoms with Gasteiger partial charge in [-0.2, -0.15) is 8.61 Å². The van der Waals surface area contributed by atoms with E-state index in [-0.39, 0.29) is 31.1 Å². The van der Waals surface area contributed by atoms with Crippen molar-refractivity contribution < 1.29 is 30.9 Å². The number of hydrogen-bond donors (Lipinski definition) is 0. The Labute approximate surface area is 172 Å². The number of methoxy groups -OCH3 is 1. The molecule has 0 unspecified atom stereocenters. The molecule has 1 heterocycles. The van der Waals surface area contributed by atoms with Crippen LogP contribution in [0.4, 0.5) is 10.1 Å². The van der Waals surface area contributed by atoms with E-state index < -0.39 is 41.4 Å². The van der Waals surface area contributed by atoms with Crippen molar-refractivity contribution in [2.75, 3.05) is 33.3 Å². The average molecular weight is 459 g/mol. The largest absolute Gasteiger partial charge is 0.497 e. The van der Waals surface area contributed by atoms with Gasteiger partial charge < -0.3 is 4.74 Å². The van der Waals surface area contributed by atoms with Gasteiger partial charge in [0.1, 0.15) is 11.6 Å². The zero-order chi connectivity index (χ0) is 22.1. The highest BCUT2D eigenvalue weighted by molar-refractivity contribution is 7.89. The summed E-state index contributed by atoms with van der Waals surface area (Å²) in [5, 5.41) is 11.1. The lowest BCUT2D eigenvalue weighted by atomic mass is 10.3. The molecule has 1 fully saturated rings. The second-order valence-electron chi connectivity index (χ2n) is 6.33. The van der Waals surface area contributed by atoms with E-state index in [0.29, 0.717) is 5.75 Å². The van der Waals surface area contributed by atoms with E-state index in [1.54, 1.807) is 0 Å². The molecule has 30 heavy (non-hydrogen) atoms. The van der Waals surface area contributed by atoms with Crippen LogP contribution < -0.4 is 4.74 Å². The number of rotatable bonds is 6. The molecule has 1 aliphatic heterocycles. The first-order valence-corrected chi connectivity index (χ1v) is 11.5. The van der Waals surface area contributed by atoms with Gasteiger partial charge in [-0.3, -0.25) is 10.1 Å². The summed E-state index contributed by atoms with van der Waals surface area (Å²) < 4.78 is 72.4. The van der Waals surface area contributed by atoms with Crippen LogP contribution in [-0.2, 0) is 20.0 Å². The van der Waals surface area contributed by atoms with Crippen LogP contribution in [0.2, 0.25) is 0 Å². The highest BCUT2D eigenvalue weighted by atomic mass is 32.2. The number of nitrogens with zero attached hydrogens (tertiary/aromatic N) is 3. The first kappa shape index (κ1) is 22.1. The number of ether oxygens (including phenoxy) is 1. The number of halogens is 1. The minimum atomic E-state index is -4.53. The van der Waals surface area contributed by atoms with Crippen molar-refractivity contribution in [3.63, 3.8) is 0 Å². The third-order valence-corrected chi connectivity index (χ3v) is 8.51. The fraction of sp³-hybridized carbons (Fsp3) is 0.294. The van der Waals surface area contributed by atoms with Gasteiger partial charge in [-0.1, -0.05) is 6.07 Å².